The average Bonchev–Trinajstić information content (AvgIpc) is 2.71. The van der Waals surface area contributed by atoms with Gasteiger partial charge in [0.15, 0.2) is 5.65 Å². The minimum absolute atomic E-state index is 0.386. The molecule has 0 saturated carbocycles. The number of hydrogen-bond donors (Lipinski definition) is 0. The number of fused-ring (bicyclic) bond motifs is 1. The lowest BCUT2D eigenvalue weighted by atomic mass is 9.85. The summed E-state index contributed by atoms with van der Waals surface area (Å²) in [5, 5.41) is 0.604. The predicted molar refractivity (Wildman–Crippen MR) is 85.3 cm³/mol. The molecule has 0 radical (unpaired) electrons. The van der Waals surface area contributed by atoms with Gasteiger partial charge in [0, 0.05) is 12.7 Å². The van der Waals surface area contributed by atoms with Gasteiger partial charge in [-0.3, -0.25) is 0 Å². The molecule has 20 heavy (non-hydrogen) atoms. The zero-order valence-electron chi connectivity index (χ0n) is 12.4. The van der Waals surface area contributed by atoms with Crippen LogP contribution in [0.4, 0.5) is 0 Å². The van der Waals surface area contributed by atoms with Gasteiger partial charge in [-0.25, -0.2) is 9.97 Å². The molecule has 0 atom stereocenters. The van der Waals surface area contributed by atoms with E-state index in [0.717, 1.165) is 23.5 Å². The fourth-order valence-corrected chi connectivity index (χ4v) is 3.09. The number of rotatable bonds is 5. The van der Waals surface area contributed by atoms with Gasteiger partial charge < -0.3 is 4.57 Å². The maximum absolute atomic E-state index is 6.04. The van der Waals surface area contributed by atoms with Crippen LogP contribution in [0, 0.1) is 17.8 Å². The quantitative estimate of drug-likeness (QED) is 0.746. The maximum Gasteiger partial charge on any atom is 0.160 e. The molecular formula is C15H21Cl2N3. The van der Waals surface area contributed by atoms with E-state index < -0.39 is 0 Å². The summed E-state index contributed by atoms with van der Waals surface area (Å²) in [7, 11) is 0. The number of alkyl halides is 1. The van der Waals surface area contributed by atoms with Crippen LogP contribution < -0.4 is 0 Å². The van der Waals surface area contributed by atoms with Gasteiger partial charge >= 0.3 is 0 Å². The largest absolute Gasteiger partial charge is 0.311 e. The molecule has 0 spiro atoms. The molecule has 0 unspecified atom stereocenters. The normalized spacial score (nSPS) is 12.2. The molecule has 0 aromatic carbocycles. The van der Waals surface area contributed by atoms with Crippen LogP contribution in [0.25, 0.3) is 11.2 Å². The second-order valence-electron chi connectivity index (χ2n) is 5.92. The lowest BCUT2D eigenvalue weighted by Crippen LogP contribution is -2.23. The third kappa shape index (κ3) is 3.09. The molecule has 0 saturated heterocycles. The Morgan fingerprint density at radius 2 is 1.85 bits per heavy atom. The third-order valence-electron chi connectivity index (χ3n) is 3.86. The summed E-state index contributed by atoms with van der Waals surface area (Å²) in [5.41, 5.74) is 1.69. The second-order valence-corrected chi connectivity index (χ2v) is 6.62. The highest BCUT2D eigenvalue weighted by atomic mass is 35.5. The van der Waals surface area contributed by atoms with E-state index in [-0.39, 0.29) is 0 Å². The Balaban J connectivity index is 2.46. The second kappa shape index (κ2) is 6.31. The molecule has 0 aliphatic heterocycles. The minimum Gasteiger partial charge on any atom is -0.311 e. The van der Waals surface area contributed by atoms with E-state index in [1.165, 1.54) is 0 Å². The molecular weight excluding hydrogens is 293 g/mol. The van der Waals surface area contributed by atoms with Crippen molar-refractivity contribution in [2.45, 2.75) is 40.1 Å². The molecule has 0 amide bonds. The van der Waals surface area contributed by atoms with E-state index in [9.17, 15) is 0 Å². The Kier molecular flexibility index (Phi) is 4.92. The number of imidazole rings is 1. The van der Waals surface area contributed by atoms with Crippen molar-refractivity contribution in [1.29, 1.82) is 0 Å². The highest BCUT2D eigenvalue weighted by Crippen LogP contribution is 2.26. The number of pyridine rings is 1. The Bertz CT molecular complexity index is 582. The number of nitrogens with zero attached hydrogens (tertiary/aromatic N) is 3. The van der Waals surface area contributed by atoms with Crippen LogP contribution >= 0.6 is 23.2 Å². The molecule has 0 aliphatic carbocycles. The highest BCUT2D eigenvalue weighted by molar-refractivity contribution is 6.31. The fourth-order valence-electron chi connectivity index (χ4n) is 2.73. The van der Waals surface area contributed by atoms with Gasteiger partial charge in [-0.15, -0.1) is 11.6 Å². The SMILES string of the molecule is CC(C)C(Cn1c(CCl)nc2cc(Cl)cnc21)C(C)C. The van der Waals surface area contributed by atoms with Gasteiger partial charge in [0.25, 0.3) is 0 Å². The van der Waals surface area contributed by atoms with E-state index in [4.69, 9.17) is 23.2 Å². The topological polar surface area (TPSA) is 30.7 Å². The maximum atomic E-state index is 6.04. The van der Waals surface area contributed by atoms with Crippen molar-refractivity contribution >= 4 is 34.4 Å². The Labute approximate surface area is 130 Å². The summed E-state index contributed by atoms with van der Waals surface area (Å²) >= 11 is 12.0. The molecule has 0 bridgehead atoms. The summed E-state index contributed by atoms with van der Waals surface area (Å²) in [6, 6.07) is 1.84. The van der Waals surface area contributed by atoms with Crippen LogP contribution in [-0.4, -0.2) is 14.5 Å². The van der Waals surface area contributed by atoms with E-state index in [1.54, 1.807) is 6.20 Å². The molecule has 0 aliphatic rings. The van der Waals surface area contributed by atoms with Gasteiger partial charge in [0.05, 0.1) is 10.9 Å². The zero-order chi connectivity index (χ0) is 14.9. The Hall–Kier alpha value is -0.800. The van der Waals surface area contributed by atoms with Gasteiger partial charge in [-0.1, -0.05) is 39.3 Å². The Morgan fingerprint density at radius 3 is 2.40 bits per heavy atom. The first-order valence-electron chi connectivity index (χ1n) is 7.00. The van der Waals surface area contributed by atoms with E-state index >= 15 is 0 Å². The third-order valence-corrected chi connectivity index (χ3v) is 4.30. The van der Waals surface area contributed by atoms with Crippen molar-refractivity contribution < 1.29 is 0 Å². The number of hydrogen-bond acceptors (Lipinski definition) is 2. The summed E-state index contributed by atoms with van der Waals surface area (Å²) in [6.45, 7) is 9.92. The molecule has 3 nitrogen and oxygen atoms in total. The zero-order valence-corrected chi connectivity index (χ0v) is 13.9. The Morgan fingerprint density at radius 1 is 1.20 bits per heavy atom. The minimum atomic E-state index is 0.386. The highest BCUT2D eigenvalue weighted by Gasteiger charge is 2.21. The molecule has 0 fully saturated rings. The van der Waals surface area contributed by atoms with Gasteiger partial charge in [-0.05, 0) is 23.8 Å². The van der Waals surface area contributed by atoms with Crippen LogP contribution in [0.2, 0.25) is 5.02 Å². The van der Waals surface area contributed by atoms with E-state index in [2.05, 4.69) is 42.2 Å². The molecule has 5 heteroatoms. The molecule has 2 rings (SSSR count). The van der Waals surface area contributed by atoms with Gasteiger partial charge in [-0.2, -0.15) is 0 Å². The van der Waals surface area contributed by atoms with Crippen LogP contribution in [0.3, 0.4) is 0 Å². The van der Waals surface area contributed by atoms with Crippen molar-refractivity contribution in [1.82, 2.24) is 14.5 Å². The van der Waals surface area contributed by atoms with Crippen LogP contribution in [0.5, 0.6) is 0 Å². The predicted octanol–water partition coefficient (Wildman–Crippen LogP) is 4.75. The summed E-state index contributed by atoms with van der Waals surface area (Å²) in [4.78, 5) is 8.98. The fraction of sp³-hybridized carbons (Fsp3) is 0.600. The summed E-state index contributed by atoms with van der Waals surface area (Å²) in [6.07, 6.45) is 1.67. The van der Waals surface area contributed by atoms with Gasteiger partial charge in [0.1, 0.15) is 11.3 Å². The first kappa shape index (κ1) is 15.6. The molecule has 2 heterocycles. The first-order valence-corrected chi connectivity index (χ1v) is 7.92. The summed E-state index contributed by atoms with van der Waals surface area (Å²) in [5.74, 6) is 3.01. The molecule has 0 N–H and O–H groups in total. The van der Waals surface area contributed by atoms with Crippen molar-refractivity contribution in [3.63, 3.8) is 0 Å². The van der Waals surface area contributed by atoms with Crippen molar-refractivity contribution in [3.05, 3.63) is 23.1 Å². The monoisotopic (exact) mass is 313 g/mol. The van der Waals surface area contributed by atoms with Crippen molar-refractivity contribution in [2.75, 3.05) is 0 Å². The molecule has 2 aromatic rings. The molecule has 2 aromatic heterocycles. The van der Waals surface area contributed by atoms with Crippen molar-refractivity contribution in [3.8, 4) is 0 Å². The number of halogens is 2. The van der Waals surface area contributed by atoms with E-state index in [0.29, 0.717) is 28.7 Å². The van der Waals surface area contributed by atoms with Crippen LogP contribution in [0.1, 0.15) is 33.5 Å². The summed E-state index contributed by atoms with van der Waals surface area (Å²) < 4.78 is 2.14. The van der Waals surface area contributed by atoms with Crippen LogP contribution in [0.15, 0.2) is 12.3 Å². The number of aromatic nitrogens is 3. The standard InChI is InChI=1S/C15H21Cl2N3/c1-9(2)12(10(3)4)8-20-14(6-16)19-13-5-11(17)7-18-15(13)20/h5,7,9-10,12H,6,8H2,1-4H3. The first-order chi connectivity index (χ1) is 9.43. The lowest BCUT2D eigenvalue weighted by molar-refractivity contribution is 0.252. The average molecular weight is 314 g/mol. The lowest BCUT2D eigenvalue weighted by Gasteiger charge is -2.26. The van der Waals surface area contributed by atoms with E-state index in [1.807, 2.05) is 6.07 Å². The van der Waals surface area contributed by atoms with Crippen molar-refractivity contribution in [2.24, 2.45) is 17.8 Å². The van der Waals surface area contributed by atoms with Gasteiger partial charge in [0.2, 0.25) is 0 Å². The molecule has 110 valence electrons. The van der Waals surface area contributed by atoms with Crippen LogP contribution in [-0.2, 0) is 12.4 Å². The smallest absolute Gasteiger partial charge is 0.160 e.